The summed E-state index contributed by atoms with van der Waals surface area (Å²) in [6.45, 7) is 6.33. The standard InChI is InChI=1S/C19H27N5O3S2/c1-14(2)29(26,27)23-6-3-16(4-7-23)19-21-20-17-12-22(8-9-24(17)19)18(25)11-15-5-10-28-13-15/h5,10,13-14,16H,3-4,6-9,11-12H2,1-2H3. The molecule has 2 aromatic rings. The lowest BCUT2D eigenvalue weighted by Gasteiger charge is -2.33. The molecular weight excluding hydrogens is 410 g/mol. The molecule has 158 valence electrons. The topological polar surface area (TPSA) is 88.4 Å². The summed E-state index contributed by atoms with van der Waals surface area (Å²) in [4.78, 5) is 14.4. The number of hydrogen-bond acceptors (Lipinski definition) is 6. The summed E-state index contributed by atoms with van der Waals surface area (Å²) in [6, 6.07) is 1.99. The zero-order chi connectivity index (χ0) is 20.6. The van der Waals surface area contributed by atoms with Crippen LogP contribution in [0.15, 0.2) is 16.8 Å². The molecule has 0 spiro atoms. The second-order valence-electron chi connectivity index (χ2n) is 8.02. The molecule has 1 saturated heterocycles. The van der Waals surface area contributed by atoms with Crippen molar-refractivity contribution in [3.8, 4) is 0 Å². The summed E-state index contributed by atoms with van der Waals surface area (Å²) in [7, 11) is -3.20. The molecule has 0 bridgehead atoms. The van der Waals surface area contributed by atoms with Crippen LogP contribution in [0.25, 0.3) is 0 Å². The van der Waals surface area contributed by atoms with E-state index in [4.69, 9.17) is 0 Å². The first-order valence-electron chi connectivity index (χ1n) is 10.1. The van der Waals surface area contributed by atoms with Gasteiger partial charge < -0.3 is 9.47 Å². The number of aromatic nitrogens is 3. The highest BCUT2D eigenvalue weighted by Crippen LogP contribution is 2.30. The van der Waals surface area contributed by atoms with Crippen molar-refractivity contribution >= 4 is 27.3 Å². The van der Waals surface area contributed by atoms with Gasteiger partial charge in [0.2, 0.25) is 15.9 Å². The smallest absolute Gasteiger partial charge is 0.227 e. The molecule has 1 amide bonds. The van der Waals surface area contributed by atoms with Gasteiger partial charge in [-0.05, 0) is 49.1 Å². The molecule has 0 N–H and O–H groups in total. The monoisotopic (exact) mass is 437 g/mol. The second kappa shape index (κ2) is 8.16. The van der Waals surface area contributed by atoms with Gasteiger partial charge >= 0.3 is 0 Å². The fourth-order valence-electron chi connectivity index (χ4n) is 4.04. The van der Waals surface area contributed by atoms with Crippen LogP contribution in [0.4, 0.5) is 0 Å². The van der Waals surface area contributed by atoms with Crippen LogP contribution < -0.4 is 0 Å². The summed E-state index contributed by atoms with van der Waals surface area (Å²) < 4.78 is 28.5. The van der Waals surface area contributed by atoms with E-state index in [2.05, 4.69) is 14.8 Å². The number of thiophene rings is 1. The van der Waals surface area contributed by atoms with E-state index in [1.165, 1.54) is 0 Å². The van der Waals surface area contributed by atoms with Crippen molar-refractivity contribution in [2.24, 2.45) is 0 Å². The zero-order valence-corrected chi connectivity index (χ0v) is 18.5. The molecule has 10 heteroatoms. The highest BCUT2D eigenvalue weighted by molar-refractivity contribution is 7.89. The molecular formula is C19H27N5O3S2. The molecule has 29 heavy (non-hydrogen) atoms. The van der Waals surface area contributed by atoms with Gasteiger partial charge in [-0.2, -0.15) is 11.3 Å². The van der Waals surface area contributed by atoms with Crippen LogP contribution >= 0.6 is 11.3 Å². The molecule has 0 unspecified atom stereocenters. The van der Waals surface area contributed by atoms with E-state index in [9.17, 15) is 13.2 Å². The van der Waals surface area contributed by atoms with Crippen molar-refractivity contribution in [2.45, 2.75) is 57.4 Å². The van der Waals surface area contributed by atoms with Crippen molar-refractivity contribution < 1.29 is 13.2 Å². The number of piperidine rings is 1. The first-order valence-corrected chi connectivity index (χ1v) is 12.5. The molecule has 4 rings (SSSR count). The summed E-state index contributed by atoms with van der Waals surface area (Å²) >= 11 is 1.60. The van der Waals surface area contributed by atoms with Crippen LogP contribution in [-0.2, 0) is 34.3 Å². The Bertz CT molecular complexity index is 960. The predicted octanol–water partition coefficient (Wildman–Crippen LogP) is 1.84. The minimum Gasteiger partial charge on any atom is -0.333 e. The average molecular weight is 438 g/mol. The van der Waals surface area contributed by atoms with Crippen molar-refractivity contribution in [1.29, 1.82) is 0 Å². The minimum atomic E-state index is -3.20. The van der Waals surface area contributed by atoms with E-state index in [0.717, 1.165) is 30.1 Å². The third kappa shape index (κ3) is 4.10. The zero-order valence-electron chi connectivity index (χ0n) is 16.8. The van der Waals surface area contributed by atoms with E-state index < -0.39 is 15.3 Å². The Morgan fingerprint density at radius 2 is 1.97 bits per heavy atom. The molecule has 2 aromatic heterocycles. The number of fused-ring (bicyclic) bond motifs is 1. The van der Waals surface area contributed by atoms with Crippen molar-refractivity contribution in [2.75, 3.05) is 19.6 Å². The molecule has 0 aliphatic carbocycles. The Hall–Kier alpha value is -1.78. The molecule has 4 heterocycles. The Labute approximate surface area is 175 Å². The van der Waals surface area contributed by atoms with Crippen LogP contribution in [0, 0.1) is 0 Å². The summed E-state index contributed by atoms with van der Waals surface area (Å²) in [6.07, 6.45) is 1.93. The number of carbonyl (C=O) groups is 1. The van der Waals surface area contributed by atoms with E-state index in [1.807, 2.05) is 21.7 Å². The van der Waals surface area contributed by atoms with Crippen LogP contribution in [-0.4, -0.2) is 63.2 Å². The SMILES string of the molecule is CC(C)S(=O)(=O)N1CCC(c2nnc3n2CCN(C(=O)Cc2ccsc2)C3)CC1. The van der Waals surface area contributed by atoms with E-state index in [-0.39, 0.29) is 11.8 Å². The number of rotatable bonds is 5. The fraction of sp³-hybridized carbons (Fsp3) is 0.632. The highest BCUT2D eigenvalue weighted by atomic mass is 32.2. The largest absolute Gasteiger partial charge is 0.333 e. The van der Waals surface area contributed by atoms with Gasteiger partial charge in [0.15, 0.2) is 5.82 Å². The summed E-state index contributed by atoms with van der Waals surface area (Å²) in [5.41, 5.74) is 1.05. The summed E-state index contributed by atoms with van der Waals surface area (Å²) in [5.74, 6) is 2.09. The number of carbonyl (C=O) groups excluding carboxylic acids is 1. The third-order valence-electron chi connectivity index (χ3n) is 5.84. The van der Waals surface area contributed by atoms with Gasteiger partial charge in [-0.25, -0.2) is 12.7 Å². The molecule has 0 aromatic carbocycles. The molecule has 2 aliphatic heterocycles. The second-order valence-corrected chi connectivity index (χ2v) is 11.3. The van der Waals surface area contributed by atoms with E-state index in [1.54, 1.807) is 29.5 Å². The minimum absolute atomic E-state index is 0.117. The van der Waals surface area contributed by atoms with Gasteiger partial charge in [0.05, 0.1) is 18.2 Å². The van der Waals surface area contributed by atoms with Crippen molar-refractivity contribution in [1.82, 2.24) is 24.0 Å². The normalized spacial score (nSPS) is 18.9. The summed E-state index contributed by atoms with van der Waals surface area (Å²) in [5, 5.41) is 12.4. The number of amides is 1. The van der Waals surface area contributed by atoms with Crippen LogP contribution in [0.2, 0.25) is 0 Å². The van der Waals surface area contributed by atoms with Gasteiger partial charge in [0, 0.05) is 32.1 Å². The van der Waals surface area contributed by atoms with E-state index >= 15 is 0 Å². The van der Waals surface area contributed by atoms with Crippen LogP contribution in [0.3, 0.4) is 0 Å². The van der Waals surface area contributed by atoms with Gasteiger partial charge in [-0.1, -0.05) is 0 Å². The van der Waals surface area contributed by atoms with Crippen LogP contribution in [0.5, 0.6) is 0 Å². The lowest BCUT2D eigenvalue weighted by Crippen LogP contribution is -2.42. The first-order chi connectivity index (χ1) is 13.9. The Morgan fingerprint density at radius 3 is 2.62 bits per heavy atom. The fourth-order valence-corrected chi connectivity index (χ4v) is 6.03. The molecule has 0 radical (unpaired) electrons. The highest BCUT2D eigenvalue weighted by Gasteiger charge is 2.34. The van der Waals surface area contributed by atoms with Gasteiger partial charge in [0.1, 0.15) is 5.82 Å². The molecule has 0 saturated carbocycles. The van der Waals surface area contributed by atoms with Gasteiger partial charge in [-0.3, -0.25) is 4.79 Å². The molecule has 1 fully saturated rings. The molecule has 0 atom stereocenters. The Balaban J connectivity index is 1.39. The number of sulfonamides is 1. The molecule has 8 nitrogen and oxygen atoms in total. The third-order valence-corrected chi connectivity index (χ3v) is 8.85. The maximum atomic E-state index is 12.6. The van der Waals surface area contributed by atoms with Crippen molar-refractivity contribution in [3.63, 3.8) is 0 Å². The lowest BCUT2D eigenvalue weighted by molar-refractivity contribution is -0.132. The maximum absolute atomic E-state index is 12.6. The average Bonchev–Trinajstić information content (AvgIpc) is 3.37. The predicted molar refractivity (Wildman–Crippen MR) is 111 cm³/mol. The first kappa shape index (κ1) is 20.5. The van der Waals surface area contributed by atoms with E-state index in [0.29, 0.717) is 39.1 Å². The Kier molecular flexibility index (Phi) is 5.76. The maximum Gasteiger partial charge on any atom is 0.227 e. The van der Waals surface area contributed by atoms with Gasteiger partial charge in [-0.15, -0.1) is 10.2 Å². The Morgan fingerprint density at radius 1 is 1.21 bits per heavy atom. The van der Waals surface area contributed by atoms with Crippen molar-refractivity contribution in [3.05, 3.63) is 34.0 Å². The quantitative estimate of drug-likeness (QED) is 0.712. The molecule has 2 aliphatic rings. The van der Waals surface area contributed by atoms with Crippen LogP contribution in [0.1, 0.15) is 49.8 Å². The number of hydrogen-bond donors (Lipinski definition) is 0. The van der Waals surface area contributed by atoms with Gasteiger partial charge in [0.25, 0.3) is 0 Å². The lowest BCUT2D eigenvalue weighted by atomic mass is 9.97. The number of nitrogens with zero attached hydrogens (tertiary/aromatic N) is 5.